The second-order valence-corrected chi connectivity index (χ2v) is 4.64. The first-order valence-corrected chi connectivity index (χ1v) is 5.80. The van der Waals surface area contributed by atoms with Gasteiger partial charge in [-0.3, -0.25) is 4.79 Å². The third-order valence-corrected chi connectivity index (χ3v) is 3.51. The maximum atomic E-state index is 11.7. The van der Waals surface area contributed by atoms with E-state index in [1.807, 2.05) is 18.2 Å². The third kappa shape index (κ3) is 1.63. The maximum Gasteiger partial charge on any atom is 0.162 e. The lowest BCUT2D eigenvalue weighted by atomic mass is 9.92. The second kappa shape index (κ2) is 3.75. The minimum atomic E-state index is 0.162. The van der Waals surface area contributed by atoms with Gasteiger partial charge in [0.25, 0.3) is 0 Å². The van der Waals surface area contributed by atoms with Crippen LogP contribution in [0.1, 0.15) is 18.4 Å². The van der Waals surface area contributed by atoms with Gasteiger partial charge in [0, 0.05) is 5.92 Å². The molecule has 2 atom stereocenters. The molecule has 16 heavy (non-hydrogen) atoms. The van der Waals surface area contributed by atoms with E-state index in [1.54, 1.807) is 6.08 Å². The highest BCUT2D eigenvalue weighted by molar-refractivity contribution is 5.96. The lowest BCUT2D eigenvalue weighted by Gasteiger charge is -2.10. The normalized spacial score (nSPS) is 30.0. The molecule has 0 unspecified atom stereocenters. The van der Waals surface area contributed by atoms with Gasteiger partial charge in [0.05, 0.1) is 0 Å². The molecule has 0 aliphatic heterocycles. The molecule has 0 saturated heterocycles. The number of fused-ring (bicyclic) bond motifs is 2. The van der Waals surface area contributed by atoms with Crippen LogP contribution in [0.5, 0.6) is 0 Å². The minimum absolute atomic E-state index is 0.162. The van der Waals surface area contributed by atoms with Crippen LogP contribution in [0.3, 0.4) is 0 Å². The van der Waals surface area contributed by atoms with E-state index in [0.717, 1.165) is 12.8 Å². The molecule has 2 aliphatic rings. The van der Waals surface area contributed by atoms with Crippen LogP contribution >= 0.6 is 0 Å². The molecule has 2 aliphatic carbocycles. The summed E-state index contributed by atoms with van der Waals surface area (Å²) < 4.78 is 0. The fourth-order valence-electron chi connectivity index (χ4n) is 2.70. The fraction of sp³-hybridized carbons (Fsp3) is 0.267. The standard InChI is InChI=1S/C15H14O/c16-15-7-6-12-9-13(14(15)10-12)8-11-4-2-1-3-5-11/h1-8,12,14H,9-10H2/b13-8+/t12-,14-/m0/s1. The van der Waals surface area contributed by atoms with Crippen LogP contribution in [-0.4, -0.2) is 5.78 Å². The molecular formula is C15H14O. The van der Waals surface area contributed by atoms with Gasteiger partial charge in [0.2, 0.25) is 0 Å². The molecule has 1 aromatic rings. The Labute approximate surface area is 95.5 Å². The molecule has 1 heteroatoms. The zero-order valence-corrected chi connectivity index (χ0v) is 9.10. The lowest BCUT2D eigenvalue weighted by molar-refractivity contribution is -0.117. The first-order valence-electron chi connectivity index (χ1n) is 5.80. The Bertz CT molecular complexity index is 467. The Balaban J connectivity index is 1.93. The predicted molar refractivity (Wildman–Crippen MR) is 64.8 cm³/mol. The summed E-state index contributed by atoms with van der Waals surface area (Å²) in [6.45, 7) is 0. The monoisotopic (exact) mass is 210 g/mol. The molecule has 0 heterocycles. The third-order valence-electron chi connectivity index (χ3n) is 3.51. The highest BCUT2D eigenvalue weighted by atomic mass is 16.1. The van der Waals surface area contributed by atoms with Crippen LogP contribution in [0.4, 0.5) is 0 Å². The summed E-state index contributed by atoms with van der Waals surface area (Å²) in [6.07, 6.45) is 8.11. The van der Waals surface area contributed by atoms with Crippen molar-refractivity contribution in [2.75, 3.05) is 0 Å². The molecule has 0 spiro atoms. The summed E-state index contributed by atoms with van der Waals surface area (Å²) in [4.78, 5) is 11.7. The van der Waals surface area contributed by atoms with Crippen molar-refractivity contribution >= 4 is 11.9 Å². The fourth-order valence-corrected chi connectivity index (χ4v) is 2.70. The average molecular weight is 210 g/mol. The molecular weight excluding hydrogens is 196 g/mol. The lowest BCUT2D eigenvalue weighted by Crippen LogP contribution is -2.12. The van der Waals surface area contributed by atoms with E-state index < -0.39 is 0 Å². The predicted octanol–water partition coefficient (Wildman–Crippen LogP) is 3.24. The van der Waals surface area contributed by atoms with Gasteiger partial charge in [0.1, 0.15) is 0 Å². The largest absolute Gasteiger partial charge is 0.294 e. The van der Waals surface area contributed by atoms with Crippen molar-refractivity contribution in [3.05, 3.63) is 53.6 Å². The summed E-state index contributed by atoms with van der Waals surface area (Å²) in [5.74, 6) is 1.05. The smallest absolute Gasteiger partial charge is 0.162 e. The molecule has 1 aromatic carbocycles. The SMILES string of the molecule is O=C1C=C[C@H]2C/C(=C\c3ccccc3)[C@@H]1C2. The van der Waals surface area contributed by atoms with E-state index in [1.165, 1.54) is 11.1 Å². The molecule has 2 bridgehead atoms. The number of carbonyl (C=O) groups excluding carboxylic acids is 1. The van der Waals surface area contributed by atoms with E-state index in [9.17, 15) is 4.79 Å². The molecule has 0 aromatic heterocycles. The van der Waals surface area contributed by atoms with Crippen LogP contribution in [0.15, 0.2) is 48.1 Å². The van der Waals surface area contributed by atoms with Gasteiger partial charge in [0.15, 0.2) is 5.78 Å². The summed E-state index contributed by atoms with van der Waals surface area (Å²) in [5.41, 5.74) is 2.52. The van der Waals surface area contributed by atoms with Gasteiger partial charge >= 0.3 is 0 Å². The highest BCUT2D eigenvalue weighted by Crippen LogP contribution is 2.41. The zero-order chi connectivity index (χ0) is 11.0. The summed E-state index contributed by atoms with van der Waals surface area (Å²) in [5, 5.41) is 0. The molecule has 80 valence electrons. The van der Waals surface area contributed by atoms with Crippen molar-refractivity contribution in [3.63, 3.8) is 0 Å². The average Bonchev–Trinajstić information content (AvgIpc) is 2.64. The zero-order valence-electron chi connectivity index (χ0n) is 9.10. The minimum Gasteiger partial charge on any atom is -0.294 e. The van der Waals surface area contributed by atoms with E-state index in [-0.39, 0.29) is 11.7 Å². The molecule has 1 saturated carbocycles. The Hall–Kier alpha value is -1.63. The summed E-state index contributed by atoms with van der Waals surface area (Å²) in [6, 6.07) is 10.3. The second-order valence-electron chi connectivity index (χ2n) is 4.64. The Morgan fingerprint density at radius 2 is 2.00 bits per heavy atom. The van der Waals surface area contributed by atoms with E-state index in [2.05, 4.69) is 24.3 Å². The van der Waals surface area contributed by atoms with Crippen molar-refractivity contribution in [2.24, 2.45) is 11.8 Å². The number of rotatable bonds is 1. The molecule has 3 rings (SSSR count). The molecule has 0 N–H and O–H groups in total. The van der Waals surface area contributed by atoms with Crippen LogP contribution in [-0.2, 0) is 4.79 Å². The molecule has 1 fully saturated rings. The van der Waals surface area contributed by atoms with Gasteiger partial charge in [-0.05, 0) is 30.4 Å². The van der Waals surface area contributed by atoms with Gasteiger partial charge in [-0.1, -0.05) is 48.1 Å². The topological polar surface area (TPSA) is 17.1 Å². The number of carbonyl (C=O) groups is 1. The van der Waals surface area contributed by atoms with Crippen molar-refractivity contribution in [1.82, 2.24) is 0 Å². The highest BCUT2D eigenvalue weighted by Gasteiger charge is 2.34. The van der Waals surface area contributed by atoms with E-state index >= 15 is 0 Å². The van der Waals surface area contributed by atoms with Gasteiger partial charge < -0.3 is 0 Å². The number of hydrogen-bond donors (Lipinski definition) is 0. The quantitative estimate of drug-likeness (QED) is 0.695. The van der Waals surface area contributed by atoms with Crippen molar-refractivity contribution in [1.29, 1.82) is 0 Å². The van der Waals surface area contributed by atoms with Crippen molar-refractivity contribution < 1.29 is 4.79 Å². The van der Waals surface area contributed by atoms with Gasteiger partial charge in [-0.15, -0.1) is 0 Å². The molecule has 1 nitrogen and oxygen atoms in total. The van der Waals surface area contributed by atoms with E-state index in [4.69, 9.17) is 0 Å². The van der Waals surface area contributed by atoms with Crippen molar-refractivity contribution in [3.8, 4) is 0 Å². The Morgan fingerprint density at radius 1 is 1.19 bits per heavy atom. The number of benzene rings is 1. The number of ketones is 1. The Kier molecular flexibility index (Phi) is 2.24. The summed E-state index contributed by atoms with van der Waals surface area (Å²) >= 11 is 0. The van der Waals surface area contributed by atoms with Crippen LogP contribution in [0.25, 0.3) is 6.08 Å². The molecule has 0 radical (unpaired) electrons. The Morgan fingerprint density at radius 3 is 2.81 bits per heavy atom. The first kappa shape index (κ1) is 9.59. The maximum absolute atomic E-state index is 11.7. The van der Waals surface area contributed by atoms with Crippen LogP contribution < -0.4 is 0 Å². The molecule has 0 amide bonds. The van der Waals surface area contributed by atoms with Gasteiger partial charge in [-0.25, -0.2) is 0 Å². The van der Waals surface area contributed by atoms with Crippen LogP contribution in [0, 0.1) is 11.8 Å². The van der Waals surface area contributed by atoms with Crippen molar-refractivity contribution in [2.45, 2.75) is 12.8 Å². The number of hydrogen-bond acceptors (Lipinski definition) is 1. The number of allylic oxidation sites excluding steroid dienone is 3. The summed E-state index contributed by atoms with van der Waals surface area (Å²) in [7, 11) is 0. The van der Waals surface area contributed by atoms with Crippen LogP contribution in [0.2, 0.25) is 0 Å². The van der Waals surface area contributed by atoms with Gasteiger partial charge in [-0.2, -0.15) is 0 Å². The van der Waals surface area contributed by atoms with E-state index in [0.29, 0.717) is 5.92 Å². The first-order chi connectivity index (χ1) is 7.83.